The minimum Gasteiger partial charge on any atom is -0.307 e. The zero-order chi connectivity index (χ0) is 13.8. The van der Waals surface area contributed by atoms with E-state index in [9.17, 15) is 14.2 Å². The summed E-state index contributed by atoms with van der Waals surface area (Å²) in [5, 5.41) is 5.23. The fourth-order valence-electron chi connectivity index (χ4n) is 2.03. The Bertz CT molecular complexity index is 363. The van der Waals surface area contributed by atoms with Crippen molar-refractivity contribution in [2.75, 3.05) is 13.1 Å². The lowest BCUT2D eigenvalue weighted by atomic mass is 10.1. The molecule has 0 spiro atoms. The smallest absolute Gasteiger partial charge is 0.265 e. The molecule has 1 saturated heterocycles. The van der Waals surface area contributed by atoms with Gasteiger partial charge in [-0.05, 0) is 25.8 Å². The molecule has 0 aromatic heterocycles. The van der Waals surface area contributed by atoms with Gasteiger partial charge in [0.15, 0.2) is 13.2 Å². The third kappa shape index (κ3) is 3.10. The number of carbonyl (C=O) groups excluding carboxylic acids is 2. The molecule has 1 fully saturated rings. The van der Waals surface area contributed by atoms with E-state index in [4.69, 9.17) is 5.84 Å². The molecular weight excluding hydrogens is 255 g/mol. The van der Waals surface area contributed by atoms with Crippen LogP contribution >= 0.6 is 7.95 Å². The van der Waals surface area contributed by atoms with Crippen molar-refractivity contribution in [3.05, 3.63) is 0 Å². The highest BCUT2D eigenvalue weighted by molar-refractivity contribution is 7.46. The van der Waals surface area contributed by atoms with Gasteiger partial charge in [-0.15, -0.1) is 0 Å². The predicted molar refractivity (Wildman–Crippen MR) is 69.0 cm³/mol. The van der Waals surface area contributed by atoms with Crippen LogP contribution < -0.4 is 16.2 Å². The van der Waals surface area contributed by atoms with Gasteiger partial charge in [-0.2, -0.15) is 0 Å². The minimum absolute atomic E-state index is 0.403. The molecule has 1 aliphatic rings. The number of piperidine rings is 1. The Balaban J connectivity index is 2.96. The van der Waals surface area contributed by atoms with Gasteiger partial charge in [-0.25, -0.2) is 5.84 Å². The van der Waals surface area contributed by atoms with E-state index < -0.39 is 25.0 Å². The summed E-state index contributed by atoms with van der Waals surface area (Å²) < 4.78 is 12.3. The molecule has 0 saturated carbocycles. The zero-order valence-corrected chi connectivity index (χ0v) is 11.8. The van der Waals surface area contributed by atoms with Crippen LogP contribution in [-0.4, -0.2) is 35.2 Å². The van der Waals surface area contributed by atoms with Gasteiger partial charge >= 0.3 is 0 Å². The Morgan fingerprint density at radius 1 is 1.61 bits per heavy atom. The molecule has 0 radical (unpaired) electrons. The standard InChI is InChI=1S/C10H21N4O3P/c1-3-6-12-10(18(17)13-8(2)15)5-4-7-14(11)9(10)16/h12,18H,3-7,11H2,1-2H3,(H,13,15,17)/t10-/m0/s1. The van der Waals surface area contributed by atoms with Crippen molar-refractivity contribution in [1.82, 2.24) is 15.4 Å². The molecule has 0 aromatic rings. The van der Waals surface area contributed by atoms with Crippen molar-refractivity contribution >= 4 is 19.8 Å². The number of carbonyl (C=O) groups is 2. The van der Waals surface area contributed by atoms with Crippen LogP contribution in [0, 0.1) is 0 Å². The summed E-state index contributed by atoms with van der Waals surface area (Å²) in [5.74, 6) is 4.80. The number of hydrogen-bond acceptors (Lipinski definition) is 5. The van der Waals surface area contributed by atoms with Crippen LogP contribution in [0.2, 0.25) is 0 Å². The first-order valence-electron chi connectivity index (χ1n) is 6.07. The van der Waals surface area contributed by atoms with E-state index in [0.29, 0.717) is 25.9 Å². The van der Waals surface area contributed by atoms with E-state index >= 15 is 0 Å². The molecule has 1 heterocycles. The Morgan fingerprint density at radius 2 is 2.28 bits per heavy atom. The van der Waals surface area contributed by atoms with E-state index in [1.165, 1.54) is 6.92 Å². The van der Waals surface area contributed by atoms with Crippen LogP contribution in [0.15, 0.2) is 0 Å². The van der Waals surface area contributed by atoms with Gasteiger partial charge in [0.2, 0.25) is 5.91 Å². The highest BCUT2D eigenvalue weighted by Crippen LogP contribution is 2.40. The first-order valence-corrected chi connectivity index (χ1v) is 7.48. The monoisotopic (exact) mass is 276 g/mol. The molecule has 2 atom stereocenters. The summed E-state index contributed by atoms with van der Waals surface area (Å²) in [6.07, 6.45) is 1.89. The van der Waals surface area contributed by atoms with Gasteiger partial charge in [0.1, 0.15) is 0 Å². The number of nitrogens with zero attached hydrogens (tertiary/aromatic N) is 1. The highest BCUT2D eigenvalue weighted by atomic mass is 31.1. The molecule has 2 amide bonds. The molecule has 8 heteroatoms. The van der Waals surface area contributed by atoms with Gasteiger partial charge in [0, 0.05) is 13.5 Å². The number of hydrazine groups is 1. The zero-order valence-electron chi connectivity index (χ0n) is 10.8. The largest absolute Gasteiger partial charge is 0.307 e. The first-order chi connectivity index (χ1) is 8.44. The fraction of sp³-hybridized carbons (Fsp3) is 0.800. The molecule has 0 aliphatic carbocycles. The summed E-state index contributed by atoms with van der Waals surface area (Å²) in [4.78, 5) is 23.2. The van der Waals surface area contributed by atoms with Gasteiger partial charge in [-0.3, -0.25) is 19.9 Å². The lowest BCUT2D eigenvalue weighted by Gasteiger charge is -2.39. The molecule has 0 aromatic carbocycles. The molecule has 0 bridgehead atoms. The van der Waals surface area contributed by atoms with Gasteiger partial charge in [-0.1, -0.05) is 6.92 Å². The average molecular weight is 276 g/mol. The van der Waals surface area contributed by atoms with E-state index in [-0.39, 0.29) is 0 Å². The molecule has 18 heavy (non-hydrogen) atoms. The van der Waals surface area contributed by atoms with Crippen molar-refractivity contribution in [2.45, 2.75) is 38.4 Å². The summed E-state index contributed by atoms with van der Waals surface area (Å²) in [6.45, 7) is 4.23. The van der Waals surface area contributed by atoms with E-state index in [2.05, 4.69) is 10.4 Å². The molecule has 1 rings (SSSR count). The van der Waals surface area contributed by atoms with Crippen molar-refractivity contribution in [3.63, 3.8) is 0 Å². The second kappa shape index (κ2) is 6.31. The second-order valence-electron chi connectivity index (χ2n) is 4.44. The number of rotatable bonds is 5. The van der Waals surface area contributed by atoms with Crippen LogP contribution in [-0.2, 0) is 14.2 Å². The number of hydrogen-bond donors (Lipinski definition) is 3. The molecule has 1 unspecified atom stereocenters. The Hall–Kier alpha value is -0.910. The Labute approximate surface area is 107 Å². The van der Waals surface area contributed by atoms with Crippen LogP contribution in [0.4, 0.5) is 0 Å². The van der Waals surface area contributed by atoms with Gasteiger partial charge in [0.25, 0.3) is 5.91 Å². The van der Waals surface area contributed by atoms with Crippen molar-refractivity contribution < 1.29 is 14.2 Å². The van der Waals surface area contributed by atoms with E-state index in [1.807, 2.05) is 6.92 Å². The lowest BCUT2D eigenvalue weighted by Crippen LogP contribution is -2.62. The SMILES string of the molecule is CCCN[C@]1([PH](=O)NC(C)=O)CCCN(N)C1=O. The third-order valence-electron chi connectivity index (χ3n) is 2.93. The topological polar surface area (TPSA) is 105 Å². The summed E-state index contributed by atoms with van der Waals surface area (Å²) in [7, 11) is -2.63. The maximum atomic E-state index is 12.3. The molecule has 104 valence electrons. The van der Waals surface area contributed by atoms with Crippen molar-refractivity contribution in [3.8, 4) is 0 Å². The maximum Gasteiger partial charge on any atom is 0.265 e. The van der Waals surface area contributed by atoms with Crippen LogP contribution in [0.3, 0.4) is 0 Å². The Kier molecular flexibility index (Phi) is 5.31. The van der Waals surface area contributed by atoms with Crippen molar-refractivity contribution in [1.29, 1.82) is 0 Å². The van der Waals surface area contributed by atoms with Crippen LogP contribution in [0.1, 0.15) is 33.1 Å². The fourth-order valence-corrected chi connectivity index (χ4v) is 3.59. The summed E-state index contributed by atoms with van der Waals surface area (Å²) in [5.41, 5.74) is 0. The number of nitrogens with two attached hydrogens (primary N) is 1. The minimum atomic E-state index is -2.63. The van der Waals surface area contributed by atoms with E-state index in [1.54, 1.807) is 0 Å². The molecule has 4 N–H and O–H groups in total. The highest BCUT2D eigenvalue weighted by Gasteiger charge is 2.48. The average Bonchev–Trinajstić information content (AvgIpc) is 2.30. The Morgan fingerprint density at radius 3 is 2.83 bits per heavy atom. The van der Waals surface area contributed by atoms with Gasteiger partial charge in [0.05, 0.1) is 0 Å². The summed E-state index contributed by atoms with van der Waals surface area (Å²) in [6, 6.07) is 0. The maximum absolute atomic E-state index is 12.3. The summed E-state index contributed by atoms with van der Waals surface area (Å²) >= 11 is 0. The number of amides is 2. The number of nitrogens with one attached hydrogen (secondary N) is 2. The van der Waals surface area contributed by atoms with Gasteiger partial charge < -0.3 is 9.65 Å². The quantitative estimate of drug-likeness (QED) is 0.366. The molecule has 7 nitrogen and oxygen atoms in total. The van der Waals surface area contributed by atoms with E-state index in [0.717, 1.165) is 11.4 Å². The lowest BCUT2D eigenvalue weighted by molar-refractivity contribution is -0.138. The first kappa shape index (κ1) is 15.1. The normalized spacial score (nSPS) is 25.9. The van der Waals surface area contributed by atoms with Crippen LogP contribution in [0.5, 0.6) is 0 Å². The third-order valence-corrected chi connectivity index (χ3v) is 4.93. The predicted octanol–water partition coefficient (Wildman–Crippen LogP) is -0.211. The van der Waals surface area contributed by atoms with Crippen LogP contribution in [0.25, 0.3) is 0 Å². The molecule has 1 aliphatic heterocycles. The van der Waals surface area contributed by atoms with Crippen molar-refractivity contribution in [2.24, 2.45) is 5.84 Å². The molecular formula is C10H21N4O3P. The second-order valence-corrected chi connectivity index (χ2v) is 6.21.